The van der Waals surface area contributed by atoms with Gasteiger partial charge in [0.1, 0.15) is 17.2 Å². The van der Waals surface area contributed by atoms with E-state index in [-0.39, 0.29) is 5.97 Å². The Morgan fingerprint density at radius 1 is 1.17 bits per heavy atom. The highest BCUT2D eigenvalue weighted by atomic mass is 32.1. The first-order valence-corrected chi connectivity index (χ1v) is 8.40. The molecule has 0 amide bonds. The first kappa shape index (κ1) is 16.2. The monoisotopic (exact) mass is 340 g/mol. The van der Waals surface area contributed by atoms with Gasteiger partial charge in [0.25, 0.3) is 0 Å². The lowest BCUT2D eigenvalue weighted by Gasteiger charge is -2.08. The third kappa shape index (κ3) is 3.31. The summed E-state index contributed by atoms with van der Waals surface area (Å²) in [6.07, 6.45) is 0.786. The number of aldehydes is 1. The number of hydrogen-bond acceptors (Lipinski definition) is 5. The topological polar surface area (TPSA) is 52.6 Å². The molecule has 0 atom stereocenters. The van der Waals surface area contributed by atoms with Gasteiger partial charge in [0, 0.05) is 15.6 Å². The van der Waals surface area contributed by atoms with Crippen LogP contribution in [0.1, 0.15) is 32.5 Å². The van der Waals surface area contributed by atoms with E-state index in [0.717, 1.165) is 21.9 Å². The maximum absolute atomic E-state index is 12.0. The molecule has 0 saturated carbocycles. The zero-order valence-corrected chi connectivity index (χ0v) is 14.0. The summed E-state index contributed by atoms with van der Waals surface area (Å²) in [5.74, 6) is 0.260. The summed E-state index contributed by atoms with van der Waals surface area (Å²) < 4.78 is 11.7. The van der Waals surface area contributed by atoms with E-state index in [2.05, 4.69) is 0 Å². The molecule has 0 aliphatic carbocycles. The van der Waals surface area contributed by atoms with Crippen molar-refractivity contribution in [3.05, 3.63) is 64.5 Å². The van der Waals surface area contributed by atoms with Crippen molar-refractivity contribution in [2.24, 2.45) is 0 Å². The fourth-order valence-corrected chi connectivity index (χ4v) is 3.42. The molecule has 0 saturated heterocycles. The summed E-state index contributed by atoms with van der Waals surface area (Å²) in [6.45, 7) is 2.49. The Balaban J connectivity index is 1.95. The van der Waals surface area contributed by atoms with E-state index in [4.69, 9.17) is 9.47 Å². The Morgan fingerprint density at radius 2 is 1.96 bits per heavy atom. The van der Waals surface area contributed by atoms with Gasteiger partial charge in [0.05, 0.1) is 6.61 Å². The van der Waals surface area contributed by atoms with Crippen molar-refractivity contribution in [1.29, 1.82) is 0 Å². The van der Waals surface area contributed by atoms with E-state index in [1.807, 2.05) is 30.3 Å². The highest BCUT2D eigenvalue weighted by Crippen LogP contribution is 2.35. The molecule has 3 rings (SSSR count). The molecular formula is C19H16O4S. The number of hydrogen-bond donors (Lipinski definition) is 0. The number of esters is 1. The average Bonchev–Trinajstić information content (AvgIpc) is 3.06. The van der Waals surface area contributed by atoms with Crippen LogP contribution in [0.4, 0.5) is 0 Å². The van der Waals surface area contributed by atoms with E-state index in [0.29, 0.717) is 29.4 Å². The molecule has 0 N–H and O–H groups in total. The number of benzene rings is 2. The van der Waals surface area contributed by atoms with Gasteiger partial charge in [-0.05, 0) is 30.7 Å². The largest absolute Gasteiger partial charge is 0.488 e. The zero-order chi connectivity index (χ0) is 16.9. The molecule has 24 heavy (non-hydrogen) atoms. The normalized spacial score (nSPS) is 10.5. The Kier molecular flexibility index (Phi) is 4.91. The summed E-state index contributed by atoms with van der Waals surface area (Å²) in [7, 11) is 0. The van der Waals surface area contributed by atoms with Gasteiger partial charge in [-0.1, -0.05) is 30.3 Å². The van der Waals surface area contributed by atoms with E-state index in [1.165, 1.54) is 11.3 Å². The van der Waals surface area contributed by atoms with Gasteiger partial charge < -0.3 is 9.47 Å². The summed E-state index contributed by atoms with van der Waals surface area (Å²) >= 11 is 1.25. The second-order valence-corrected chi connectivity index (χ2v) is 6.17. The van der Waals surface area contributed by atoms with Crippen LogP contribution in [-0.4, -0.2) is 18.9 Å². The average molecular weight is 340 g/mol. The molecule has 0 aliphatic heterocycles. The highest BCUT2D eigenvalue weighted by molar-refractivity contribution is 7.21. The van der Waals surface area contributed by atoms with Gasteiger partial charge in [-0.3, -0.25) is 4.79 Å². The Labute approximate surface area is 143 Å². The number of thiophene rings is 1. The van der Waals surface area contributed by atoms with Crippen LogP contribution < -0.4 is 4.74 Å². The van der Waals surface area contributed by atoms with Crippen LogP contribution in [0.5, 0.6) is 5.75 Å². The van der Waals surface area contributed by atoms with E-state index >= 15 is 0 Å². The maximum Gasteiger partial charge on any atom is 0.348 e. The molecule has 0 radical (unpaired) electrons. The summed E-state index contributed by atoms with van der Waals surface area (Å²) in [4.78, 5) is 23.7. The Bertz CT molecular complexity index is 868. The van der Waals surface area contributed by atoms with Crippen molar-refractivity contribution >= 4 is 33.7 Å². The Hall–Kier alpha value is -2.66. The van der Waals surface area contributed by atoms with Crippen molar-refractivity contribution in [3.63, 3.8) is 0 Å². The molecular weight excluding hydrogens is 324 g/mol. The van der Waals surface area contributed by atoms with Crippen molar-refractivity contribution in [2.45, 2.75) is 13.5 Å². The van der Waals surface area contributed by atoms with Crippen molar-refractivity contribution < 1.29 is 19.1 Å². The second-order valence-electron chi connectivity index (χ2n) is 5.12. The standard InChI is InChI=1S/C19H16O4S/c1-2-22-19(21)17-10-15-16(9-8-14(11-20)18(15)24-17)23-12-13-6-4-3-5-7-13/h3-11H,2,12H2,1H3. The predicted molar refractivity (Wildman–Crippen MR) is 93.9 cm³/mol. The number of rotatable bonds is 6. The number of carbonyl (C=O) groups excluding carboxylic acids is 2. The van der Waals surface area contributed by atoms with Crippen LogP contribution in [0.25, 0.3) is 10.1 Å². The van der Waals surface area contributed by atoms with Crippen molar-refractivity contribution in [2.75, 3.05) is 6.61 Å². The minimum atomic E-state index is -0.385. The molecule has 0 bridgehead atoms. The zero-order valence-electron chi connectivity index (χ0n) is 13.2. The first-order chi connectivity index (χ1) is 11.7. The fraction of sp³-hybridized carbons (Fsp3) is 0.158. The third-order valence-corrected chi connectivity index (χ3v) is 4.68. The SMILES string of the molecule is CCOC(=O)c1cc2c(OCc3ccccc3)ccc(C=O)c2s1. The molecule has 3 aromatic rings. The fourth-order valence-electron chi connectivity index (χ4n) is 2.38. The van der Waals surface area contributed by atoms with Crippen molar-refractivity contribution in [1.82, 2.24) is 0 Å². The molecule has 0 fully saturated rings. The van der Waals surface area contributed by atoms with Crippen LogP contribution in [0, 0.1) is 0 Å². The smallest absolute Gasteiger partial charge is 0.348 e. The van der Waals surface area contributed by atoms with Gasteiger partial charge in [-0.15, -0.1) is 11.3 Å². The van der Waals surface area contributed by atoms with E-state index in [1.54, 1.807) is 25.1 Å². The van der Waals surface area contributed by atoms with Crippen LogP contribution in [0.2, 0.25) is 0 Å². The quantitative estimate of drug-likeness (QED) is 0.491. The second kappa shape index (κ2) is 7.27. The molecule has 4 nitrogen and oxygen atoms in total. The van der Waals surface area contributed by atoms with E-state index in [9.17, 15) is 9.59 Å². The van der Waals surface area contributed by atoms with Crippen molar-refractivity contribution in [3.8, 4) is 5.75 Å². The minimum Gasteiger partial charge on any atom is -0.488 e. The van der Waals surface area contributed by atoms with Gasteiger partial charge in [0.2, 0.25) is 0 Å². The summed E-state index contributed by atoms with van der Waals surface area (Å²) in [5, 5.41) is 0.753. The maximum atomic E-state index is 12.0. The summed E-state index contributed by atoms with van der Waals surface area (Å²) in [6, 6.07) is 15.0. The molecule has 1 aromatic heterocycles. The number of carbonyl (C=O) groups is 2. The molecule has 122 valence electrons. The molecule has 0 aliphatic rings. The summed E-state index contributed by atoms with van der Waals surface area (Å²) in [5.41, 5.74) is 1.59. The number of ether oxygens (including phenoxy) is 2. The van der Waals surface area contributed by atoms with Gasteiger partial charge in [0.15, 0.2) is 6.29 Å². The molecule has 5 heteroatoms. The Morgan fingerprint density at radius 3 is 2.67 bits per heavy atom. The van der Waals surface area contributed by atoms with Crippen LogP contribution in [0.3, 0.4) is 0 Å². The lowest BCUT2D eigenvalue weighted by atomic mass is 10.1. The van der Waals surface area contributed by atoms with Crippen LogP contribution in [0.15, 0.2) is 48.5 Å². The van der Waals surface area contributed by atoms with Crippen LogP contribution in [-0.2, 0) is 11.3 Å². The van der Waals surface area contributed by atoms with Crippen LogP contribution >= 0.6 is 11.3 Å². The lowest BCUT2D eigenvalue weighted by Crippen LogP contribution is -2.01. The molecule has 2 aromatic carbocycles. The third-order valence-electron chi connectivity index (χ3n) is 3.51. The first-order valence-electron chi connectivity index (χ1n) is 7.58. The predicted octanol–water partition coefficient (Wildman–Crippen LogP) is 4.47. The lowest BCUT2D eigenvalue weighted by molar-refractivity contribution is 0.0532. The number of fused-ring (bicyclic) bond motifs is 1. The molecule has 0 unspecified atom stereocenters. The van der Waals surface area contributed by atoms with Gasteiger partial charge >= 0.3 is 5.97 Å². The highest BCUT2D eigenvalue weighted by Gasteiger charge is 2.16. The molecule has 1 heterocycles. The van der Waals surface area contributed by atoms with Gasteiger partial charge in [-0.25, -0.2) is 4.79 Å². The van der Waals surface area contributed by atoms with Gasteiger partial charge in [-0.2, -0.15) is 0 Å². The van der Waals surface area contributed by atoms with E-state index < -0.39 is 0 Å². The minimum absolute atomic E-state index is 0.310. The molecule has 0 spiro atoms.